The lowest BCUT2D eigenvalue weighted by Gasteiger charge is -2.19. The molecule has 0 amide bonds. The number of nitrogens with one attached hydrogen (secondary N) is 1. The third kappa shape index (κ3) is 3.19. The van der Waals surface area contributed by atoms with E-state index in [1.807, 2.05) is 20.8 Å². The Kier molecular flexibility index (Phi) is 4.94. The van der Waals surface area contributed by atoms with E-state index in [-0.39, 0.29) is 17.9 Å². The molecule has 1 rings (SSSR count). The van der Waals surface area contributed by atoms with Crippen molar-refractivity contribution in [3.63, 3.8) is 0 Å². The molecule has 0 heterocycles. The van der Waals surface area contributed by atoms with Crippen LogP contribution in [0.3, 0.4) is 0 Å². The zero-order valence-corrected chi connectivity index (χ0v) is 13.3. The van der Waals surface area contributed by atoms with E-state index in [1.165, 1.54) is 0 Å². The molecule has 0 radical (unpaired) electrons. The molecule has 0 unspecified atom stereocenters. The number of carbonyl (C=O) groups excluding carboxylic acids is 1. The lowest BCUT2D eigenvalue weighted by atomic mass is 9.95. The number of benzene rings is 1. The van der Waals surface area contributed by atoms with Gasteiger partial charge in [0.25, 0.3) is 0 Å². The SMILES string of the molecule is Cc1c(C)c(C)c(S(=O)(=O)NCCC(=O)[O-])c(C)c1C. The van der Waals surface area contributed by atoms with Gasteiger partial charge in [0.2, 0.25) is 10.0 Å². The molecule has 5 nitrogen and oxygen atoms in total. The molecule has 0 aliphatic carbocycles. The summed E-state index contributed by atoms with van der Waals surface area (Å²) < 4.78 is 27.0. The molecule has 6 heteroatoms. The van der Waals surface area contributed by atoms with Crippen LogP contribution < -0.4 is 9.83 Å². The lowest BCUT2D eigenvalue weighted by Crippen LogP contribution is -2.32. The fourth-order valence-corrected chi connectivity index (χ4v) is 3.86. The third-order valence-corrected chi connectivity index (χ3v) is 5.56. The summed E-state index contributed by atoms with van der Waals surface area (Å²) in [6.45, 7) is 9.10. The number of carbonyl (C=O) groups is 1. The van der Waals surface area contributed by atoms with Gasteiger partial charge in [-0.3, -0.25) is 0 Å². The highest BCUT2D eigenvalue weighted by Crippen LogP contribution is 2.29. The summed E-state index contributed by atoms with van der Waals surface area (Å²) in [7, 11) is -3.72. The number of sulfonamides is 1. The van der Waals surface area contributed by atoms with E-state index >= 15 is 0 Å². The summed E-state index contributed by atoms with van der Waals surface area (Å²) in [4.78, 5) is 10.6. The van der Waals surface area contributed by atoms with Gasteiger partial charge in [0, 0.05) is 18.9 Å². The number of carboxylic acids is 1. The van der Waals surface area contributed by atoms with E-state index in [9.17, 15) is 18.3 Å². The summed E-state index contributed by atoms with van der Waals surface area (Å²) in [6, 6.07) is 0. The Morgan fingerprint density at radius 2 is 1.35 bits per heavy atom. The van der Waals surface area contributed by atoms with Crippen LogP contribution in [0.1, 0.15) is 34.2 Å². The molecule has 0 aromatic heterocycles. The fourth-order valence-electron chi connectivity index (χ4n) is 2.23. The quantitative estimate of drug-likeness (QED) is 0.864. The van der Waals surface area contributed by atoms with Gasteiger partial charge in [0.05, 0.1) is 4.90 Å². The summed E-state index contributed by atoms with van der Waals surface area (Å²) in [5, 5.41) is 10.4. The maximum absolute atomic E-state index is 12.3. The molecule has 0 aliphatic heterocycles. The predicted molar refractivity (Wildman–Crippen MR) is 74.9 cm³/mol. The highest BCUT2D eigenvalue weighted by atomic mass is 32.2. The van der Waals surface area contributed by atoms with Crippen molar-refractivity contribution in [1.82, 2.24) is 4.72 Å². The topological polar surface area (TPSA) is 86.3 Å². The molecule has 0 saturated carbocycles. The number of hydrogen-bond donors (Lipinski definition) is 1. The molecule has 0 bridgehead atoms. The van der Waals surface area contributed by atoms with Gasteiger partial charge < -0.3 is 9.90 Å². The molecule has 112 valence electrons. The van der Waals surface area contributed by atoms with E-state index < -0.39 is 16.0 Å². The monoisotopic (exact) mass is 298 g/mol. The number of aliphatic carboxylic acids is 1. The van der Waals surface area contributed by atoms with Gasteiger partial charge in [0.15, 0.2) is 0 Å². The summed E-state index contributed by atoms with van der Waals surface area (Å²) in [5.74, 6) is -1.28. The molecule has 1 aromatic carbocycles. The minimum Gasteiger partial charge on any atom is -0.550 e. The highest BCUT2D eigenvalue weighted by Gasteiger charge is 2.23. The van der Waals surface area contributed by atoms with Gasteiger partial charge in [-0.25, -0.2) is 13.1 Å². The average molecular weight is 298 g/mol. The van der Waals surface area contributed by atoms with Crippen molar-refractivity contribution in [1.29, 1.82) is 0 Å². The van der Waals surface area contributed by atoms with Gasteiger partial charge >= 0.3 is 0 Å². The number of carboxylic acid groups (broad SMARTS) is 1. The van der Waals surface area contributed by atoms with Crippen molar-refractivity contribution in [2.24, 2.45) is 0 Å². The van der Waals surface area contributed by atoms with Gasteiger partial charge in [-0.15, -0.1) is 0 Å². The average Bonchev–Trinajstić information content (AvgIpc) is 2.33. The Morgan fingerprint density at radius 1 is 0.950 bits per heavy atom. The van der Waals surface area contributed by atoms with E-state index in [4.69, 9.17) is 0 Å². The summed E-state index contributed by atoms with van der Waals surface area (Å²) in [6.07, 6.45) is -0.346. The second-order valence-corrected chi connectivity index (χ2v) is 6.68. The normalized spacial score (nSPS) is 11.7. The molecular weight excluding hydrogens is 278 g/mol. The highest BCUT2D eigenvalue weighted by molar-refractivity contribution is 7.89. The van der Waals surface area contributed by atoms with Crippen molar-refractivity contribution in [3.05, 3.63) is 27.8 Å². The molecule has 0 fully saturated rings. The predicted octanol–water partition coefficient (Wildman–Crippen LogP) is 0.647. The van der Waals surface area contributed by atoms with Crippen LogP contribution in [0.15, 0.2) is 4.90 Å². The van der Waals surface area contributed by atoms with Crippen LogP contribution in [-0.4, -0.2) is 20.9 Å². The first-order valence-corrected chi connectivity index (χ1v) is 7.84. The van der Waals surface area contributed by atoms with Crippen molar-refractivity contribution in [2.75, 3.05) is 6.54 Å². The minimum absolute atomic E-state index is 0.171. The van der Waals surface area contributed by atoms with Crippen molar-refractivity contribution < 1.29 is 18.3 Å². The molecule has 0 atom stereocenters. The molecule has 20 heavy (non-hydrogen) atoms. The minimum atomic E-state index is -3.72. The van der Waals surface area contributed by atoms with E-state index in [2.05, 4.69) is 4.72 Å². The Labute approximate surface area is 120 Å². The molecule has 0 spiro atoms. The van der Waals surface area contributed by atoms with Crippen LogP contribution in [-0.2, 0) is 14.8 Å². The molecular formula is C14H20NO4S-. The maximum Gasteiger partial charge on any atom is 0.241 e. The molecule has 0 saturated heterocycles. The zero-order chi connectivity index (χ0) is 15.7. The van der Waals surface area contributed by atoms with Crippen molar-refractivity contribution in [3.8, 4) is 0 Å². The van der Waals surface area contributed by atoms with Gasteiger partial charge in [-0.05, 0) is 62.4 Å². The fraction of sp³-hybridized carbons (Fsp3) is 0.500. The van der Waals surface area contributed by atoms with E-state index in [0.717, 1.165) is 16.7 Å². The summed E-state index contributed by atoms with van der Waals surface area (Å²) in [5.41, 5.74) is 4.36. The van der Waals surface area contributed by atoms with Gasteiger partial charge in [0.1, 0.15) is 0 Å². The Hall–Kier alpha value is -1.40. The Balaban J connectivity index is 3.29. The Morgan fingerprint density at radius 3 is 1.75 bits per heavy atom. The summed E-state index contributed by atoms with van der Waals surface area (Å²) >= 11 is 0. The standard InChI is InChI=1S/C14H21NO4S/c1-8-9(2)11(4)14(12(5)10(8)3)20(18,19)15-7-6-13(16)17/h15H,6-7H2,1-5H3,(H,16,17)/p-1. The lowest BCUT2D eigenvalue weighted by molar-refractivity contribution is -0.305. The van der Waals surface area contributed by atoms with E-state index in [0.29, 0.717) is 11.1 Å². The van der Waals surface area contributed by atoms with Crippen LogP contribution in [0.25, 0.3) is 0 Å². The van der Waals surface area contributed by atoms with Gasteiger partial charge in [-0.2, -0.15) is 0 Å². The Bertz CT molecular complexity index is 619. The molecule has 0 aliphatic rings. The third-order valence-electron chi connectivity index (χ3n) is 3.82. The maximum atomic E-state index is 12.3. The smallest absolute Gasteiger partial charge is 0.241 e. The van der Waals surface area contributed by atoms with Crippen LogP contribution in [0.5, 0.6) is 0 Å². The van der Waals surface area contributed by atoms with Crippen molar-refractivity contribution in [2.45, 2.75) is 45.9 Å². The first-order valence-electron chi connectivity index (χ1n) is 6.36. The second-order valence-electron chi connectivity index (χ2n) is 4.97. The molecule has 1 N–H and O–H groups in total. The zero-order valence-electron chi connectivity index (χ0n) is 12.5. The second kappa shape index (κ2) is 5.93. The van der Waals surface area contributed by atoms with Crippen LogP contribution in [0.4, 0.5) is 0 Å². The number of rotatable bonds is 5. The van der Waals surface area contributed by atoms with Crippen LogP contribution in [0.2, 0.25) is 0 Å². The first kappa shape index (κ1) is 16.7. The first-order chi connectivity index (χ1) is 9.09. The largest absolute Gasteiger partial charge is 0.550 e. The van der Waals surface area contributed by atoms with Crippen molar-refractivity contribution >= 4 is 16.0 Å². The van der Waals surface area contributed by atoms with Gasteiger partial charge in [-0.1, -0.05) is 0 Å². The molecule has 1 aromatic rings. The van der Waals surface area contributed by atoms with Crippen LogP contribution in [0, 0.1) is 34.6 Å². The van der Waals surface area contributed by atoms with E-state index in [1.54, 1.807) is 13.8 Å². The number of hydrogen-bond acceptors (Lipinski definition) is 4. The van der Waals surface area contributed by atoms with Crippen LogP contribution >= 0.6 is 0 Å².